The van der Waals surface area contributed by atoms with Crippen molar-refractivity contribution in [2.24, 2.45) is 0 Å². The highest BCUT2D eigenvalue weighted by Gasteiger charge is 2.81. The molecule has 1 aliphatic heterocycles. The van der Waals surface area contributed by atoms with Crippen LogP contribution >= 0.6 is 0 Å². The molecule has 0 aliphatic carbocycles. The largest absolute Gasteiger partial charge is 0.460 e. The van der Waals surface area contributed by atoms with E-state index in [-0.39, 0.29) is 12.7 Å². The van der Waals surface area contributed by atoms with E-state index in [1.54, 1.807) is 0 Å². The van der Waals surface area contributed by atoms with Gasteiger partial charge in [0.05, 0.1) is 0 Å². The van der Waals surface area contributed by atoms with Gasteiger partial charge in [0.2, 0.25) is 0 Å². The summed E-state index contributed by atoms with van der Waals surface area (Å²) in [5.74, 6) is -18.7. The van der Waals surface area contributed by atoms with E-state index in [4.69, 9.17) is 9.47 Å². The number of halogens is 9. The summed E-state index contributed by atoms with van der Waals surface area (Å²) in [6.07, 6.45) is -0.465. The van der Waals surface area contributed by atoms with Crippen molar-refractivity contribution in [2.75, 3.05) is 13.2 Å². The monoisotopic (exact) mass is 474 g/mol. The molecule has 1 rings (SSSR count). The maximum absolute atomic E-state index is 13.4. The highest BCUT2D eigenvalue weighted by molar-refractivity contribution is 5.00. The lowest BCUT2D eigenvalue weighted by Crippen LogP contribution is -2.60. The van der Waals surface area contributed by atoms with Crippen LogP contribution in [-0.4, -0.2) is 43.4 Å². The Kier molecular flexibility index (Phi) is 11.4. The first-order chi connectivity index (χ1) is 14.3. The molecule has 0 aromatic carbocycles. The highest BCUT2D eigenvalue weighted by atomic mass is 19.4. The number of hydrogen-bond acceptors (Lipinski definition) is 2. The zero-order valence-corrected chi connectivity index (χ0v) is 17.4. The molecular weight excluding hydrogens is 443 g/mol. The standard InChI is InChI=1S/C20H31F9O2/c21-17(22,18(23,24)19(25,26)20(27,28)29)13-9-6-4-2-1-3-5-7-10-14-30-16-12-8-11-15-31-16/h16H,1-15H2. The van der Waals surface area contributed by atoms with Gasteiger partial charge in [-0.3, -0.25) is 0 Å². The molecular formula is C20H31F9O2. The molecule has 0 aromatic heterocycles. The zero-order chi connectivity index (χ0) is 23.6. The Hall–Kier alpha value is -0.710. The van der Waals surface area contributed by atoms with Crippen LogP contribution in [0.1, 0.15) is 83.5 Å². The Balaban J connectivity index is 2.07. The maximum atomic E-state index is 13.4. The first kappa shape index (κ1) is 28.3. The molecule has 1 heterocycles. The Morgan fingerprint density at radius 2 is 1.16 bits per heavy atom. The van der Waals surface area contributed by atoms with Crippen LogP contribution in [-0.2, 0) is 9.47 Å². The van der Waals surface area contributed by atoms with Crippen LogP contribution < -0.4 is 0 Å². The number of unbranched alkanes of at least 4 members (excludes halogenated alkanes) is 8. The molecule has 0 radical (unpaired) electrons. The highest BCUT2D eigenvalue weighted by Crippen LogP contribution is 2.54. The molecule has 11 heteroatoms. The summed E-state index contributed by atoms with van der Waals surface area (Å²) in [6, 6.07) is 0. The zero-order valence-electron chi connectivity index (χ0n) is 17.4. The van der Waals surface area contributed by atoms with Crippen LogP contribution in [0.2, 0.25) is 0 Å². The van der Waals surface area contributed by atoms with Gasteiger partial charge in [-0.1, -0.05) is 44.9 Å². The van der Waals surface area contributed by atoms with Gasteiger partial charge in [-0.25, -0.2) is 0 Å². The Bertz CT molecular complexity index is 490. The van der Waals surface area contributed by atoms with Gasteiger partial charge in [0.1, 0.15) is 0 Å². The lowest BCUT2D eigenvalue weighted by Gasteiger charge is -2.33. The SMILES string of the molecule is FC(F)(F)C(F)(F)C(F)(F)C(F)(F)CCCCCCCCCCCOC1CCCCO1. The molecule has 186 valence electrons. The second-order valence-electron chi connectivity index (χ2n) is 7.95. The van der Waals surface area contributed by atoms with Gasteiger partial charge < -0.3 is 9.47 Å². The number of rotatable bonds is 15. The molecule has 31 heavy (non-hydrogen) atoms. The molecule has 0 amide bonds. The fraction of sp³-hybridized carbons (Fsp3) is 1.00. The summed E-state index contributed by atoms with van der Waals surface area (Å²) in [4.78, 5) is 0. The van der Waals surface area contributed by atoms with Gasteiger partial charge >= 0.3 is 23.9 Å². The van der Waals surface area contributed by atoms with E-state index in [1.165, 1.54) is 0 Å². The lowest BCUT2D eigenvalue weighted by molar-refractivity contribution is -0.396. The number of hydrogen-bond donors (Lipinski definition) is 0. The Labute approximate surface area is 176 Å². The van der Waals surface area contributed by atoms with Gasteiger partial charge in [0.25, 0.3) is 0 Å². The van der Waals surface area contributed by atoms with Crippen molar-refractivity contribution in [3.05, 3.63) is 0 Å². The van der Waals surface area contributed by atoms with Crippen molar-refractivity contribution in [3.8, 4) is 0 Å². The Morgan fingerprint density at radius 3 is 1.65 bits per heavy atom. The quantitative estimate of drug-likeness (QED) is 0.177. The van der Waals surface area contributed by atoms with Crippen molar-refractivity contribution >= 4 is 0 Å². The molecule has 0 aromatic rings. The van der Waals surface area contributed by atoms with E-state index in [1.807, 2.05) is 0 Å². The molecule has 1 atom stereocenters. The van der Waals surface area contributed by atoms with E-state index in [0.29, 0.717) is 19.4 Å². The summed E-state index contributed by atoms with van der Waals surface area (Å²) in [7, 11) is 0. The predicted octanol–water partition coefficient (Wildman–Crippen LogP) is 7.90. The predicted molar refractivity (Wildman–Crippen MR) is 96.6 cm³/mol. The topological polar surface area (TPSA) is 18.5 Å². The van der Waals surface area contributed by atoms with Crippen molar-refractivity contribution in [3.63, 3.8) is 0 Å². The molecule has 2 nitrogen and oxygen atoms in total. The molecule has 0 bridgehead atoms. The summed E-state index contributed by atoms with van der Waals surface area (Å²) in [6.45, 7) is 1.35. The van der Waals surface area contributed by atoms with Crippen LogP contribution in [0.15, 0.2) is 0 Å². The Morgan fingerprint density at radius 1 is 0.645 bits per heavy atom. The molecule has 0 saturated carbocycles. The summed E-state index contributed by atoms with van der Waals surface area (Å²) in [5, 5.41) is 0. The second kappa shape index (κ2) is 12.5. The van der Waals surface area contributed by atoms with Crippen molar-refractivity contribution in [1.29, 1.82) is 0 Å². The third-order valence-electron chi connectivity index (χ3n) is 5.29. The molecule has 1 fully saturated rings. The average Bonchev–Trinajstić information content (AvgIpc) is 2.68. The van der Waals surface area contributed by atoms with Crippen molar-refractivity contribution in [1.82, 2.24) is 0 Å². The summed E-state index contributed by atoms with van der Waals surface area (Å²) < 4.78 is 126. The second-order valence-corrected chi connectivity index (χ2v) is 7.95. The fourth-order valence-corrected chi connectivity index (χ4v) is 3.31. The van der Waals surface area contributed by atoms with E-state index in [0.717, 1.165) is 58.0 Å². The van der Waals surface area contributed by atoms with E-state index in [2.05, 4.69) is 0 Å². The van der Waals surface area contributed by atoms with Crippen molar-refractivity contribution in [2.45, 2.75) is 114 Å². The normalized spacial score (nSPS) is 19.1. The van der Waals surface area contributed by atoms with Crippen LogP contribution in [0.5, 0.6) is 0 Å². The smallest absolute Gasteiger partial charge is 0.353 e. The van der Waals surface area contributed by atoms with Gasteiger partial charge in [0, 0.05) is 19.6 Å². The van der Waals surface area contributed by atoms with Crippen LogP contribution in [0.4, 0.5) is 39.5 Å². The third-order valence-corrected chi connectivity index (χ3v) is 5.29. The molecule has 1 aliphatic rings. The van der Waals surface area contributed by atoms with Gasteiger partial charge in [0.15, 0.2) is 6.29 Å². The van der Waals surface area contributed by atoms with Gasteiger partial charge in [-0.2, -0.15) is 39.5 Å². The van der Waals surface area contributed by atoms with E-state index < -0.39 is 36.8 Å². The molecule has 1 saturated heterocycles. The number of ether oxygens (including phenoxy) is 2. The number of alkyl halides is 9. The first-order valence-corrected chi connectivity index (χ1v) is 10.8. The van der Waals surface area contributed by atoms with Gasteiger partial charge in [-0.15, -0.1) is 0 Å². The fourth-order valence-electron chi connectivity index (χ4n) is 3.31. The lowest BCUT2D eigenvalue weighted by atomic mass is 9.97. The van der Waals surface area contributed by atoms with Crippen LogP contribution in [0.3, 0.4) is 0 Å². The van der Waals surface area contributed by atoms with Crippen LogP contribution in [0, 0.1) is 0 Å². The third kappa shape index (κ3) is 8.63. The minimum Gasteiger partial charge on any atom is -0.353 e. The van der Waals surface area contributed by atoms with Crippen molar-refractivity contribution < 1.29 is 49.0 Å². The van der Waals surface area contributed by atoms with E-state index in [9.17, 15) is 39.5 Å². The first-order valence-electron chi connectivity index (χ1n) is 10.8. The minimum atomic E-state index is -6.79. The molecule has 0 N–H and O–H groups in total. The minimum absolute atomic E-state index is 0.0541. The van der Waals surface area contributed by atoms with Crippen LogP contribution in [0.25, 0.3) is 0 Å². The molecule has 1 unspecified atom stereocenters. The summed E-state index contributed by atoms with van der Waals surface area (Å²) >= 11 is 0. The summed E-state index contributed by atoms with van der Waals surface area (Å²) in [5.41, 5.74) is 0. The maximum Gasteiger partial charge on any atom is 0.460 e. The van der Waals surface area contributed by atoms with E-state index >= 15 is 0 Å². The average molecular weight is 474 g/mol. The molecule has 0 spiro atoms. The van der Waals surface area contributed by atoms with Gasteiger partial charge in [-0.05, 0) is 32.1 Å².